The van der Waals surface area contributed by atoms with Crippen molar-refractivity contribution >= 4 is 12.1 Å². The molecule has 2 rings (SSSR count). The first-order valence-corrected chi connectivity index (χ1v) is 7.09. The maximum absolute atomic E-state index is 11.6. The minimum atomic E-state index is -1.02. The van der Waals surface area contributed by atoms with Gasteiger partial charge in [0, 0.05) is 18.3 Å². The van der Waals surface area contributed by atoms with Crippen molar-refractivity contribution in [3.05, 3.63) is 47.8 Å². The lowest BCUT2D eigenvalue weighted by molar-refractivity contribution is 0.0523. The summed E-state index contributed by atoms with van der Waals surface area (Å²) in [7, 11) is 0. The first kappa shape index (κ1) is 16.5. The number of carbonyl (C=O) groups excluding carboxylic acids is 1. The van der Waals surface area contributed by atoms with Crippen LogP contribution in [0.1, 0.15) is 36.7 Å². The van der Waals surface area contributed by atoms with E-state index in [4.69, 9.17) is 4.74 Å². The Labute approximate surface area is 133 Å². The maximum Gasteiger partial charge on any atom is 0.407 e. The Morgan fingerprint density at radius 1 is 1.30 bits per heavy atom. The summed E-state index contributed by atoms with van der Waals surface area (Å²) >= 11 is 0. The molecule has 1 aromatic heterocycles. The molecule has 0 saturated carbocycles. The Balaban J connectivity index is 2.07. The van der Waals surface area contributed by atoms with E-state index in [1.165, 1.54) is 10.7 Å². The van der Waals surface area contributed by atoms with Gasteiger partial charge in [-0.2, -0.15) is 5.10 Å². The van der Waals surface area contributed by atoms with Gasteiger partial charge in [0.2, 0.25) is 0 Å². The molecule has 0 fully saturated rings. The zero-order valence-corrected chi connectivity index (χ0v) is 13.2. The van der Waals surface area contributed by atoms with Crippen LogP contribution >= 0.6 is 0 Å². The van der Waals surface area contributed by atoms with Crippen LogP contribution in [0.2, 0.25) is 0 Å². The van der Waals surface area contributed by atoms with Crippen molar-refractivity contribution in [3.8, 4) is 5.69 Å². The van der Waals surface area contributed by atoms with E-state index >= 15 is 0 Å². The summed E-state index contributed by atoms with van der Waals surface area (Å²) in [6.45, 7) is 5.60. The predicted octanol–water partition coefficient (Wildman–Crippen LogP) is 2.60. The largest absolute Gasteiger partial charge is 0.478 e. The van der Waals surface area contributed by atoms with Crippen LogP contribution in [-0.4, -0.2) is 32.6 Å². The molecule has 0 aliphatic heterocycles. The number of carboxylic acid groups (broad SMARTS) is 1. The lowest BCUT2D eigenvalue weighted by atomic mass is 10.2. The van der Waals surface area contributed by atoms with Crippen LogP contribution in [0, 0.1) is 0 Å². The lowest BCUT2D eigenvalue weighted by Gasteiger charge is -2.19. The van der Waals surface area contributed by atoms with Crippen LogP contribution in [0.3, 0.4) is 0 Å². The predicted molar refractivity (Wildman–Crippen MR) is 83.6 cm³/mol. The van der Waals surface area contributed by atoms with Crippen molar-refractivity contribution in [2.75, 3.05) is 0 Å². The molecule has 0 spiro atoms. The number of para-hydroxylation sites is 1. The molecule has 0 aliphatic carbocycles. The summed E-state index contributed by atoms with van der Waals surface area (Å²) in [6, 6.07) is 6.57. The number of aromatic nitrogens is 2. The Morgan fingerprint density at radius 2 is 2.00 bits per heavy atom. The highest BCUT2D eigenvalue weighted by Crippen LogP contribution is 2.14. The van der Waals surface area contributed by atoms with E-state index in [1.807, 2.05) is 0 Å². The maximum atomic E-state index is 11.6. The smallest absolute Gasteiger partial charge is 0.407 e. The van der Waals surface area contributed by atoms with Gasteiger partial charge in [-0.15, -0.1) is 0 Å². The minimum Gasteiger partial charge on any atom is -0.478 e. The van der Waals surface area contributed by atoms with Crippen molar-refractivity contribution in [2.45, 2.75) is 32.9 Å². The van der Waals surface area contributed by atoms with Gasteiger partial charge in [0.15, 0.2) is 0 Å². The molecule has 0 aliphatic rings. The number of carboxylic acids is 1. The second-order valence-corrected chi connectivity index (χ2v) is 5.97. The van der Waals surface area contributed by atoms with Gasteiger partial charge in [0.05, 0.1) is 17.4 Å². The van der Waals surface area contributed by atoms with E-state index in [1.54, 1.807) is 51.4 Å². The molecule has 2 aromatic rings. The third kappa shape index (κ3) is 4.57. The van der Waals surface area contributed by atoms with E-state index in [-0.39, 0.29) is 12.1 Å². The SMILES string of the molecule is CC(C)(C)OC(=O)NCc1cnn(-c2ccccc2C(=O)O)c1. The van der Waals surface area contributed by atoms with Crippen molar-refractivity contribution in [1.29, 1.82) is 0 Å². The Bertz CT molecular complexity index is 716. The molecular weight excluding hydrogens is 298 g/mol. The second-order valence-electron chi connectivity index (χ2n) is 5.97. The third-order valence-corrected chi connectivity index (χ3v) is 2.85. The molecule has 7 nitrogen and oxygen atoms in total. The fourth-order valence-corrected chi connectivity index (χ4v) is 1.93. The van der Waals surface area contributed by atoms with Gasteiger partial charge in [-0.25, -0.2) is 14.3 Å². The zero-order chi connectivity index (χ0) is 17.0. The number of nitrogens with zero attached hydrogens (tertiary/aromatic N) is 2. The molecule has 0 radical (unpaired) electrons. The van der Waals surface area contributed by atoms with Crippen LogP contribution in [0.5, 0.6) is 0 Å². The Morgan fingerprint density at radius 3 is 2.65 bits per heavy atom. The monoisotopic (exact) mass is 317 g/mol. The lowest BCUT2D eigenvalue weighted by Crippen LogP contribution is -2.32. The van der Waals surface area contributed by atoms with E-state index < -0.39 is 17.7 Å². The number of hydrogen-bond acceptors (Lipinski definition) is 4. The standard InChI is InChI=1S/C16H19N3O4/c1-16(2,3)23-15(22)17-8-11-9-18-19(10-11)13-7-5-4-6-12(13)14(20)21/h4-7,9-10H,8H2,1-3H3,(H,17,22)(H,20,21). The van der Waals surface area contributed by atoms with Gasteiger partial charge in [-0.3, -0.25) is 0 Å². The van der Waals surface area contributed by atoms with Crippen molar-refractivity contribution in [3.63, 3.8) is 0 Å². The third-order valence-electron chi connectivity index (χ3n) is 2.85. The van der Waals surface area contributed by atoms with E-state index in [0.29, 0.717) is 5.69 Å². The molecule has 122 valence electrons. The molecule has 7 heteroatoms. The van der Waals surface area contributed by atoms with Crippen LogP contribution in [-0.2, 0) is 11.3 Å². The van der Waals surface area contributed by atoms with Gasteiger partial charge >= 0.3 is 12.1 Å². The summed E-state index contributed by atoms with van der Waals surface area (Å²) in [6.07, 6.45) is 2.71. The van der Waals surface area contributed by atoms with Crippen molar-refractivity contribution in [2.24, 2.45) is 0 Å². The van der Waals surface area contributed by atoms with Crippen LogP contribution < -0.4 is 5.32 Å². The number of rotatable bonds is 4. The summed E-state index contributed by atoms with van der Waals surface area (Å²) < 4.78 is 6.61. The number of carbonyl (C=O) groups is 2. The number of aromatic carboxylic acids is 1. The Kier molecular flexibility index (Phi) is 4.68. The molecule has 1 aromatic carbocycles. The first-order chi connectivity index (χ1) is 10.8. The quantitative estimate of drug-likeness (QED) is 0.904. The van der Waals surface area contributed by atoms with E-state index in [0.717, 1.165) is 5.56 Å². The minimum absolute atomic E-state index is 0.155. The summed E-state index contributed by atoms with van der Waals surface area (Å²) in [5.41, 5.74) is 0.788. The van der Waals surface area contributed by atoms with Crippen LogP contribution in [0.15, 0.2) is 36.7 Å². The fourth-order valence-electron chi connectivity index (χ4n) is 1.93. The zero-order valence-electron chi connectivity index (χ0n) is 13.2. The number of ether oxygens (including phenoxy) is 1. The van der Waals surface area contributed by atoms with Crippen LogP contribution in [0.25, 0.3) is 5.69 Å². The number of hydrogen-bond donors (Lipinski definition) is 2. The average molecular weight is 317 g/mol. The van der Waals surface area contributed by atoms with Gasteiger partial charge in [-0.1, -0.05) is 12.1 Å². The van der Waals surface area contributed by atoms with Gasteiger partial charge in [-0.05, 0) is 32.9 Å². The van der Waals surface area contributed by atoms with Crippen molar-refractivity contribution in [1.82, 2.24) is 15.1 Å². The number of alkyl carbamates (subject to hydrolysis) is 1. The summed E-state index contributed by atoms with van der Waals surface area (Å²) in [4.78, 5) is 22.8. The molecule has 1 amide bonds. The van der Waals surface area contributed by atoms with Gasteiger partial charge in [0.1, 0.15) is 5.60 Å². The highest BCUT2D eigenvalue weighted by molar-refractivity contribution is 5.91. The highest BCUT2D eigenvalue weighted by atomic mass is 16.6. The Hall–Kier alpha value is -2.83. The molecule has 1 heterocycles. The first-order valence-electron chi connectivity index (χ1n) is 7.09. The molecule has 0 bridgehead atoms. The number of nitrogens with one attached hydrogen (secondary N) is 1. The van der Waals surface area contributed by atoms with Crippen molar-refractivity contribution < 1.29 is 19.4 Å². The molecule has 0 unspecified atom stereocenters. The highest BCUT2D eigenvalue weighted by Gasteiger charge is 2.16. The molecule has 2 N–H and O–H groups in total. The summed E-state index contributed by atoms with van der Waals surface area (Å²) in [5.74, 6) is -1.02. The normalized spacial score (nSPS) is 11.1. The molecule has 0 atom stereocenters. The van der Waals surface area contributed by atoms with Gasteiger partial charge in [0.25, 0.3) is 0 Å². The molecule has 0 saturated heterocycles. The van der Waals surface area contributed by atoms with Crippen LogP contribution in [0.4, 0.5) is 4.79 Å². The van der Waals surface area contributed by atoms with Gasteiger partial charge < -0.3 is 15.2 Å². The summed E-state index contributed by atoms with van der Waals surface area (Å²) in [5, 5.41) is 16.0. The number of amides is 1. The second kappa shape index (κ2) is 6.51. The number of benzene rings is 1. The molecule has 23 heavy (non-hydrogen) atoms. The van der Waals surface area contributed by atoms with E-state index in [9.17, 15) is 14.7 Å². The van der Waals surface area contributed by atoms with E-state index in [2.05, 4.69) is 10.4 Å². The fraction of sp³-hybridized carbons (Fsp3) is 0.312. The topological polar surface area (TPSA) is 93.5 Å². The molecular formula is C16H19N3O4. The average Bonchev–Trinajstić information content (AvgIpc) is 2.92.